The summed E-state index contributed by atoms with van der Waals surface area (Å²) < 4.78 is 0. The highest BCUT2D eigenvalue weighted by Crippen LogP contribution is 2.29. The van der Waals surface area contributed by atoms with Crippen LogP contribution in [0.1, 0.15) is 29.4 Å². The largest absolute Gasteiger partial charge is 0.369 e. The van der Waals surface area contributed by atoms with E-state index >= 15 is 0 Å². The lowest BCUT2D eigenvalue weighted by Gasteiger charge is -2.36. The summed E-state index contributed by atoms with van der Waals surface area (Å²) >= 11 is 1.45. The van der Waals surface area contributed by atoms with Crippen molar-refractivity contribution in [1.82, 2.24) is 4.90 Å². The Balaban J connectivity index is 1.80. The number of thiophene rings is 1. The molecule has 1 aromatic heterocycles. The van der Waals surface area contributed by atoms with Crippen LogP contribution < -0.4 is 5.73 Å². The van der Waals surface area contributed by atoms with Gasteiger partial charge in [-0.1, -0.05) is 30.3 Å². The number of piperidine rings is 1. The summed E-state index contributed by atoms with van der Waals surface area (Å²) in [6, 6.07) is 12.1. The Morgan fingerprint density at radius 1 is 1.17 bits per heavy atom. The van der Waals surface area contributed by atoms with E-state index in [0.717, 1.165) is 24.0 Å². The fraction of sp³-hybridized carbons (Fsp3) is 0.333. The molecule has 3 rings (SSSR count). The molecule has 5 heteroatoms. The van der Waals surface area contributed by atoms with Gasteiger partial charge in [-0.25, -0.2) is 0 Å². The van der Waals surface area contributed by atoms with Crippen molar-refractivity contribution in [2.75, 3.05) is 6.54 Å². The van der Waals surface area contributed by atoms with E-state index in [2.05, 4.69) is 0 Å². The first kappa shape index (κ1) is 15.7. The molecular formula is C18H20N2O2S. The number of rotatable bonds is 3. The van der Waals surface area contributed by atoms with Gasteiger partial charge in [-0.2, -0.15) is 0 Å². The summed E-state index contributed by atoms with van der Waals surface area (Å²) in [5.74, 6) is -0.551. The lowest BCUT2D eigenvalue weighted by atomic mass is 9.93. The molecule has 120 valence electrons. The average molecular weight is 328 g/mol. The molecule has 0 radical (unpaired) electrons. The van der Waals surface area contributed by atoms with Gasteiger partial charge >= 0.3 is 0 Å². The van der Waals surface area contributed by atoms with Crippen LogP contribution in [-0.2, 0) is 4.79 Å². The van der Waals surface area contributed by atoms with Crippen LogP contribution in [0, 0.1) is 5.92 Å². The highest BCUT2D eigenvalue weighted by Gasteiger charge is 2.32. The Morgan fingerprint density at radius 2 is 1.91 bits per heavy atom. The standard InChI is InChI=1S/C18H20N2O2S/c1-12-7-8-14(17(19)21)10-20(12)18(22)16-9-15(11-23-16)13-5-3-2-4-6-13/h2-6,9,11-12,14H,7-8,10H2,1H3,(H2,19,21)/t12-,14+/m0/s1. The van der Waals surface area contributed by atoms with Crippen molar-refractivity contribution in [2.45, 2.75) is 25.8 Å². The van der Waals surface area contributed by atoms with Crippen molar-refractivity contribution in [3.63, 3.8) is 0 Å². The molecule has 2 heterocycles. The van der Waals surface area contributed by atoms with Crippen LogP contribution in [0.3, 0.4) is 0 Å². The minimum atomic E-state index is -0.314. The number of benzene rings is 1. The molecule has 4 nitrogen and oxygen atoms in total. The molecule has 0 unspecified atom stereocenters. The summed E-state index contributed by atoms with van der Waals surface area (Å²) in [6.07, 6.45) is 1.58. The highest BCUT2D eigenvalue weighted by molar-refractivity contribution is 7.12. The van der Waals surface area contributed by atoms with E-state index in [4.69, 9.17) is 5.73 Å². The zero-order valence-electron chi connectivity index (χ0n) is 13.1. The lowest BCUT2D eigenvalue weighted by molar-refractivity contribution is -0.123. The maximum absolute atomic E-state index is 12.8. The van der Waals surface area contributed by atoms with E-state index in [1.807, 2.05) is 48.7 Å². The Labute approximate surface area is 139 Å². The number of hydrogen-bond donors (Lipinski definition) is 1. The fourth-order valence-corrected chi connectivity index (χ4v) is 3.87. The molecule has 2 aromatic rings. The van der Waals surface area contributed by atoms with Gasteiger partial charge in [0.1, 0.15) is 0 Å². The minimum absolute atomic E-state index is 0.00405. The third kappa shape index (κ3) is 3.29. The second-order valence-electron chi connectivity index (χ2n) is 6.05. The van der Waals surface area contributed by atoms with Crippen molar-refractivity contribution >= 4 is 23.2 Å². The molecule has 0 saturated carbocycles. The number of primary amides is 1. The van der Waals surface area contributed by atoms with Crippen molar-refractivity contribution in [3.05, 3.63) is 46.7 Å². The first-order chi connectivity index (χ1) is 11.1. The summed E-state index contributed by atoms with van der Waals surface area (Å²) in [7, 11) is 0. The Kier molecular flexibility index (Phi) is 4.48. The Bertz CT molecular complexity index is 711. The zero-order valence-corrected chi connectivity index (χ0v) is 13.9. The molecule has 2 N–H and O–H groups in total. The number of carbonyl (C=O) groups is 2. The van der Waals surface area contributed by atoms with Gasteiger partial charge in [-0.3, -0.25) is 9.59 Å². The smallest absolute Gasteiger partial charge is 0.264 e. The second-order valence-corrected chi connectivity index (χ2v) is 6.96. The maximum atomic E-state index is 12.8. The molecule has 23 heavy (non-hydrogen) atoms. The molecular weight excluding hydrogens is 308 g/mol. The van der Waals surface area contributed by atoms with Crippen molar-refractivity contribution in [2.24, 2.45) is 11.7 Å². The van der Waals surface area contributed by atoms with E-state index in [1.54, 1.807) is 4.90 Å². The third-order valence-electron chi connectivity index (χ3n) is 4.46. The minimum Gasteiger partial charge on any atom is -0.369 e. The second kappa shape index (κ2) is 6.54. The van der Waals surface area contributed by atoms with Gasteiger partial charge in [0.2, 0.25) is 5.91 Å². The fourth-order valence-electron chi connectivity index (χ4n) is 2.99. The number of hydrogen-bond acceptors (Lipinski definition) is 3. The zero-order chi connectivity index (χ0) is 16.4. The third-order valence-corrected chi connectivity index (χ3v) is 5.38. The first-order valence-electron chi connectivity index (χ1n) is 7.80. The quantitative estimate of drug-likeness (QED) is 0.941. The Morgan fingerprint density at radius 3 is 2.61 bits per heavy atom. The molecule has 2 atom stereocenters. The van der Waals surface area contributed by atoms with Crippen molar-refractivity contribution in [1.29, 1.82) is 0 Å². The lowest BCUT2D eigenvalue weighted by Crippen LogP contribution is -2.48. The highest BCUT2D eigenvalue weighted by atomic mass is 32.1. The summed E-state index contributed by atoms with van der Waals surface area (Å²) in [5, 5.41) is 2.00. The molecule has 0 aliphatic carbocycles. The van der Waals surface area contributed by atoms with Gasteiger partial charge < -0.3 is 10.6 Å². The van der Waals surface area contributed by atoms with E-state index < -0.39 is 0 Å². The molecule has 0 bridgehead atoms. The van der Waals surface area contributed by atoms with Crippen molar-refractivity contribution < 1.29 is 9.59 Å². The molecule has 2 amide bonds. The van der Waals surface area contributed by atoms with Gasteiger partial charge in [0.25, 0.3) is 5.91 Å². The number of nitrogens with two attached hydrogens (primary N) is 1. The molecule has 1 saturated heterocycles. The van der Waals surface area contributed by atoms with Crippen LogP contribution in [0.2, 0.25) is 0 Å². The molecule has 1 fully saturated rings. The number of carbonyl (C=O) groups excluding carboxylic acids is 2. The van der Waals surface area contributed by atoms with E-state index in [9.17, 15) is 9.59 Å². The van der Waals surface area contributed by atoms with Crippen LogP contribution in [0.25, 0.3) is 11.1 Å². The monoisotopic (exact) mass is 328 g/mol. The van der Waals surface area contributed by atoms with E-state index in [1.165, 1.54) is 11.3 Å². The number of likely N-dealkylation sites (tertiary alicyclic amines) is 1. The van der Waals surface area contributed by atoms with Gasteiger partial charge in [0.15, 0.2) is 0 Å². The van der Waals surface area contributed by atoms with Crippen LogP contribution >= 0.6 is 11.3 Å². The van der Waals surface area contributed by atoms with Gasteiger partial charge in [0, 0.05) is 12.6 Å². The van der Waals surface area contributed by atoms with Crippen LogP contribution in [0.5, 0.6) is 0 Å². The summed E-state index contributed by atoms with van der Waals surface area (Å²) in [4.78, 5) is 26.7. The molecule has 1 aromatic carbocycles. The SMILES string of the molecule is C[C@H]1CC[C@@H](C(N)=O)CN1C(=O)c1cc(-c2ccccc2)cs1. The van der Waals surface area contributed by atoms with Gasteiger partial charge in [-0.05, 0) is 42.3 Å². The number of amides is 2. The Hall–Kier alpha value is -2.14. The topological polar surface area (TPSA) is 63.4 Å². The first-order valence-corrected chi connectivity index (χ1v) is 8.68. The predicted octanol–water partition coefficient (Wildman–Crippen LogP) is 3.14. The van der Waals surface area contributed by atoms with E-state index in [-0.39, 0.29) is 23.8 Å². The summed E-state index contributed by atoms with van der Waals surface area (Å²) in [5.41, 5.74) is 7.57. The number of nitrogens with zero attached hydrogens (tertiary/aromatic N) is 1. The summed E-state index contributed by atoms with van der Waals surface area (Å²) in [6.45, 7) is 2.45. The van der Waals surface area contributed by atoms with Gasteiger partial charge in [-0.15, -0.1) is 11.3 Å². The van der Waals surface area contributed by atoms with E-state index in [0.29, 0.717) is 11.4 Å². The average Bonchev–Trinajstić information content (AvgIpc) is 3.05. The van der Waals surface area contributed by atoms with Crippen LogP contribution in [0.4, 0.5) is 0 Å². The van der Waals surface area contributed by atoms with Crippen LogP contribution in [-0.4, -0.2) is 29.3 Å². The molecule has 1 aliphatic rings. The molecule has 1 aliphatic heterocycles. The maximum Gasteiger partial charge on any atom is 0.264 e. The normalized spacial score (nSPS) is 21.2. The van der Waals surface area contributed by atoms with Crippen molar-refractivity contribution in [3.8, 4) is 11.1 Å². The predicted molar refractivity (Wildman–Crippen MR) is 92.2 cm³/mol. The van der Waals surface area contributed by atoms with Crippen LogP contribution in [0.15, 0.2) is 41.8 Å². The van der Waals surface area contributed by atoms with Gasteiger partial charge in [0.05, 0.1) is 10.8 Å². The molecule has 0 spiro atoms.